The lowest BCUT2D eigenvalue weighted by atomic mass is 10.2. The molecule has 0 spiro atoms. The molecule has 0 amide bonds. The topological polar surface area (TPSA) is 29.3 Å². The van der Waals surface area contributed by atoms with Crippen molar-refractivity contribution in [1.82, 2.24) is 4.90 Å². The molecule has 0 aliphatic heterocycles. The Labute approximate surface area is 97.1 Å². The highest BCUT2D eigenvalue weighted by atomic mass is 32.1. The van der Waals surface area contributed by atoms with Crippen LogP contribution in [0.1, 0.15) is 31.6 Å². The van der Waals surface area contributed by atoms with Crippen molar-refractivity contribution in [2.75, 3.05) is 13.1 Å². The van der Waals surface area contributed by atoms with Gasteiger partial charge in [-0.25, -0.2) is 0 Å². The number of nitrogens with zero attached hydrogens (tertiary/aromatic N) is 1. The van der Waals surface area contributed by atoms with Crippen molar-refractivity contribution >= 4 is 11.3 Å². The Kier molecular flexibility index (Phi) is 5.91. The van der Waals surface area contributed by atoms with E-state index in [4.69, 9.17) is 5.73 Å². The largest absolute Gasteiger partial charge is 0.330 e. The van der Waals surface area contributed by atoms with E-state index in [0.29, 0.717) is 6.04 Å². The Balaban J connectivity index is 2.37. The van der Waals surface area contributed by atoms with Crippen LogP contribution in [0.25, 0.3) is 0 Å². The van der Waals surface area contributed by atoms with Crippen molar-refractivity contribution in [3.8, 4) is 0 Å². The monoisotopic (exact) mass is 226 g/mol. The van der Waals surface area contributed by atoms with E-state index in [-0.39, 0.29) is 0 Å². The third-order valence-electron chi connectivity index (χ3n) is 2.57. The molecule has 0 bridgehead atoms. The molecule has 0 aliphatic rings. The van der Waals surface area contributed by atoms with Crippen LogP contribution in [-0.4, -0.2) is 24.0 Å². The first-order valence-corrected chi connectivity index (χ1v) is 6.58. The number of thiophene rings is 1. The van der Waals surface area contributed by atoms with E-state index >= 15 is 0 Å². The Hall–Kier alpha value is -0.380. The fourth-order valence-corrected chi connectivity index (χ4v) is 2.31. The van der Waals surface area contributed by atoms with Gasteiger partial charge in [-0.3, -0.25) is 4.90 Å². The molecule has 1 rings (SSSR count). The highest BCUT2D eigenvalue weighted by Gasteiger charge is 2.09. The number of nitrogens with two attached hydrogens (primary N) is 1. The van der Waals surface area contributed by atoms with Crippen LogP contribution in [0.4, 0.5) is 0 Å². The van der Waals surface area contributed by atoms with Crippen LogP contribution in [0.2, 0.25) is 0 Å². The van der Waals surface area contributed by atoms with Crippen molar-refractivity contribution in [3.63, 3.8) is 0 Å². The molecule has 15 heavy (non-hydrogen) atoms. The molecule has 3 heteroatoms. The summed E-state index contributed by atoms with van der Waals surface area (Å²) in [6, 6.07) is 4.95. The van der Waals surface area contributed by atoms with Gasteiger partial charge in [0.15, 0.2) is 0 Å². The SMILES string of the molecule is CC(C)N(CCCCN)Cc1cccs1. The van der Waals surface area contributed by atoms with Crippen LogP contribution in [0.5, 0.6) is 0 Å². The van der Waals surface area contributed by atoms with E-state index in [0.717, 1.165) is 26.1 Å². The van der Waals surface area contributed by atoms with Gasteiger partial charge in [-0.2, -0.15) is 0 Å². The van der Waals surface area contributed by atoms with Crippen molar-refractivity contribution < 1.29 is 0 Å². The van der Waals surface area contributed by atoms with E-state index in [9.17, 15) is 0 Å². The van der Waals surface area contributed by atoms with Crippen molar-refractivity contribution in [1.29, 1.82) is 0 Å². The van der Waals surface area contributed by atoms with Gasteiger partial charge in [0.1, 0.15) is 0 Å². The Morgan fingerprint density at radius 2 is 2.20 bits per heavy atom. The molecular formula is C12H22N2S. The van der Waals surface area contributed by atoms with Crippen molar-refractivity contribution in [2.24, 2.45) is 5.73 Å². The predicted octanol–water partition coefficient (Wildman–Crippen LogP) is 2.70. The van der Waals surface area contributed by atoms with Crippen LogP contribution >= 0.6 is 11.3 Å². The molecule has 2 N–H and O–H groups in total. The summed E-state index contributed by atoms with van der Waals surface area (Å²) < 4.78 is 0. The number of unbranched alkanes of at least 4 members (excludes halogenated alkanes) is 1. The Morgan fingerprint density at radius 3 is 2.73 bits per heavy atom. The molecule has 0 unspecified atom stereocenters. The third kappa shape index (κ3) is 4.78. The fourth-order valence-electron chi connectivity index (χ4n) is 1.58. The first-order chi connectivity index (χ1) is 7.24. The number of hydrogen-bond acceptors (Lipinski definition) is 3. The summed E-state index contributed by atoms with van der Waals surface area (Å²) in [6.45, 7) is 7.57. The molecule has 0 radical (unpaired) electrons. The summed E-state index contributed by atoms with van der Waals surface area (Å²) in [4.78, 5) is 3.97. The average molecular weight is 226 g/mol. The smallest absolute Gasteiger partial charge is 0.0330 e. The van der Waals surface area contributed by atoms with Crippen LogP contribution in [0.3, 0.4) is 0 Å². The first kappa shape index (κ1) is 12.7. The van der Waals surface area contributed by atoms with Crippen LogP contribution in [-0.2, 0) is 6.54 Å². The molecule has 0 aromatic carbocycles. The quantitative estimate of drug-likeness (QED) is 0.724. The summed E-state index contributed by atoms with van der Waals surface area (Å²) in [6.07, 6.45) is 2.34. The molecule has 0 atom stereocenters. The molecule has 1 heterocycles. The molecule has 86 valence electrons. The van der Waals surface area contributed by atoms with Crippen molar-refractivity contribution in [3.05, 3.63) is 22.4 Å². The van der Waals surface area contributed by atoms with Gasteiger partial charge in [-0.15, -0.1) is 11.3 Å². The fraction of sp³-hybridized carbons (Fsp3) is 0.667. The Bertz CT molecular complexity index is 244. The summed E-state index contributed by atoms with van der Waals surface area (Å²) in [5, 5.41) is 2.15. The van der Waals surface area contributed by atoms with Crippen LogP contribution in [0.15, 0.2) is 17.5 Å². The molecule has 0 saturated heterocycles. The minimum absolute atomic E-state index is 0.616. The maximum Gasteiger partial charge on any atom is 0.0330 e. The summed E-state index contributed by atoms with van der Waals surface area (Å²) >= 11 is 1.84. The second-order valence-corrected chi connectivity index (χ2v) is 5.17. The second-order valence-electron chi connectivity index (χ2n) is 4.14. The molecule has 1 aromatic rings. The van der Waals surface area contributed by atoms with Gasteiger partial charge in [-0.1, -0.05) is 6.07 Å². The van der Waals surface area contributed by atoms with Gasteiger partial charge in [0.25, 0.3) is 0 Å². The molecule has 0 aliphatic carbocycles. The Morgan fingerprint density at radius 1 is 1.40 bits per heavy atom. The maximum atomic E-state index is 5.51. The summed E-state index contributed by atoms with van der Waals surface area (Å²) in [5.74, 6) is 0. The van der Waals surface area contributed by atoms with Gasteiger partial charge in [0.2, 0.25) is 0 Å². The minimum Gasteiger partial charge on any atom is -0.330 e. The lowest BCUT2D eigenvalue weighted by molar-refractivity contribution is 0.211. The minimum atomic E-state index is 0.616. The second kappa shape index (κ2) is 6.99. The van der Waals surface area contributed by atoms with E-state index in [1.807, 2.05) is 11.3 Å². The molecule has 0 saturated carbocycles. The molecule has 2 nitrogen and oxygen atoms in total. The number of hydrogen-bond donors (Lipinski definition) is 1. The standard InChI is InChI=1S/C12H22N2S/c1-11(2)14(8-4-3-7-13)10-12-6-5-9-15-12/h5-6,9,11H,3-4,7-8,10,13H2,1-2H3. The lowest BCUT2D eigenvalue weighted by Crippen LogP contribution is -2.31. The van der Waals surface area contributed by atoms with E-state index in [1.165, 1.54) is 11.3 Å². The van der Waals surface area contributed by atoms with Gasteiger partial charge in [0, 0.05) is 17.5 Å². The zero-order valence-electron chi connectivity index (χ0n) is 9.78. The normalized spacial score (nSPS) is 11.5. The molecular weight excluding hydrogens is 204 g/mol. The third-order valence-corrected chi connectivity index (χ3v) is 3.43. The van der Waals surface area contributed by atoms with E-state index in [2.05, 4.69) is 36.3 Å². The predicted molar refractivity (Wildman–Crippen MR) is 68.2 cm³/mol. The van der Waals surface area contributed by atoms with Crippen LogP contribution < -0.4 is 5.73 Å². The molecule has 0 fully saturated rings. The highest BCUT2D eigenvalue weighted by molar-refractivity contribution is 7.09. The van der Waals surface area contributed by atoms with Gasteiger partial charge >= 0.3 is 0 Å². The van der Waals surface area contributed by atoms with Gasteiger partial charge in [-0.05, 0) is 51.2 Å². The van der Waals surface area contributed by atoms with Gasteiger partial charge in [0.05, 0.1) is 0 Å². The summed E-state index contributed by atoms with van der Waals surface area (Å²) in [5.41, 5.74) is 5.51. The maximum absolute atomic E-state index is 5.51. The first-order valence-electron chi connectivity index (χ1n) is 5.70. The van der Waals surface area contributed by atoms with E-state index < -0.39 is 0 Å². The van der Waals surface area contributed by atoms with Crippen molar-refractivity contribution in [2.45, 2.75) is 39.3 Å². The number of rotatable bonds is 7. The highest BCUT2D eigenvalue weighted by Crippen LogP contribution is 2.14. The molecule has 1 aromatic heterocycles. The lowest BCUT2D eigenvalue weighted by Gasteiger charge is -2.25. The zero-order valence-corrected chi connectivity index (χ0v) is 10.6. The summed E-state index contributed by atoms with van der Waals surface area (Å²) in [7, 11) is 0. The average Bonchev–Trinajstić information content (AvgIpc) is 2.69. The zero-order chi connectivity index (χ0) is 11.1. The van der Waals surface area contributed by atoms with Gasteiger partial charge < -0.3 is 5.73 Å². The van der Waals surface area contributed by atoms with Crippen LogP contribution in [0, 0.1) is 0 Å². The van der Waals surface area contributed by atoms with E-state index in [1.54, 1.807) is 0 Å².